The molecule has 1 N–H and O–H groups in total. The fourth-order valence-corrected chi connectivity index (χ4v) is 3.42. The molecule has 1 heterocycles. The van der Waals surface area contributed by atoms with E-state index in [0.717, 1.165) is 31.1 Å². The smallest absolute Gasteiger partial charge is 0.0471 e. The third kappa shape index (κ3) is 3.96. The zero-order valence-corrected chi connectivity index (χ0v) is 12.5. The minimum absolute atomic E-state index is 0.479. The van der Waals surface area contributed by atoms with E-state index in [1.54, 1.807) is 0 Å². The van der Waals surface area contributed by atoms with E-state index >= 15 is 0 Å². The Morgan fingerprint density at radius 2 is 1.72 bits per heavy atom. The first-order valence-electron chi connectivity index (χ1n) is 7.90. The van der Waals surface area contributed by atoms with E-state index in [-0.39, 0.29) is 0 Å². The second kappa shape index (κ2) is 6.38. The molecular formula is C16H31NO. The van der Waals surface area contributed by atoms with Crippen LogP contribution < -0.4 is 5.32 Å². The number of ether oxygens (including phenoxy) is 1. The summed E-state index contributed by atoms with van der Waals surface area (Å²) >= 11 is 0. The maximum atomic E-state index is 5.47. The van der Waals surface area contributed by atoms with Gasteiger partial charge in [0, 0.05) is 25.8 Å². The van der Waals surface area contributed by atoms with E-state index in [4.69, 9.17) is 4.74 Å². The van der Waals surface area contributed by atoms with Crippen molar-refractivity contribution in [2.45, 2.75) is 65.3 Å². The van der Waals surface area contributed by atoms with Crippen molar-refractivity contribution in [1.82, 2.24) is 5.32 Å². The second-order valence-electron chi connectivity index (χ2n) is 7.16. The van der Waals surface area contributed by atoms with E-state index in [1.807, 2.05) is 0 Å². The van der Waals surface area contributed by atoms with Gasteiger partial charge in [-0.2, -0.15) is 0 Å². The average molecular weight is 253 g/mol. The first-order chi connectivity index (χ1) is 8.59. The van der Waals surface area contributed by atoms with Crippen molar-refractivity contribution in [3.8, 4) is 0 Å². The molecule has 106 valence electrons. The highest BCUT2D eigenvalue weighted by molar-refractivity contribution is 4.84. The largest absolute Gasteiger partial charge is 0.381 e. The molecule has 1 aliphatic heterocycles. The summed E-state index contributed by atoms with van der Waals surface area (Å²) in [6.07, 6.45) is 8.07. The van der Waals surface area contributed by atoms with Crippen molar-refractivity contribution in [2.75, 3.05) is 19.8 Å². The molecule has 2 nitrogen and oxygen atoms in total. The highest BCUT2D eigenvalue weighted by Gasteiger charge is 2.29. The van der Waals surface area contributed by atoms with Crippen LogP contribution in [0.1, 0.15) is 59.3 Å². The van der Waals surface area contributed by atoms with Gasteiger partial charge in [-0.25, -0.2) is 0 Å². The predicted octanol–water partition coefficient (Wildman–Crippen LogP) is 3.61. The molecule has 0 amide bonds. The van der Waals surface area contributed by atoms with Gasteiger partial charge in [0.05, 0.1) is 0 Å². The van der Waals surface area contributed by atoms with E-state index in [1.165, 1.54) is 45.1 Å². The summed E-state index contributed by atoms with van der Waals surface area (Å²) in [5.41, 5.74) is 0.479. The van der Waals surface area contributed by atoms with Crippen LogP contribution in [0.3, 0.4) is 0 Å². The summed E-state index contributed by atoms with van der Waals surface area (Å²) in [6.45, 7) is 10.3. The summed E-state index contributed by atoms with van der Waals surface area (Å²) in [6, 6.07) is 0.777. The van der Waals surface area contributed by atoms with Gasteiger partial charge in [0.1, 0.15) is 0 Å². The number of hydrogen-bond acceptors (Lipinski definition) is 2. The van der Waals surface area contributed by atoms with Gasteiger partial charge in [-0.15, -0.1) is 0 Å². The molecule has 2 heteroatoms. The van der Waals surface area contributed by atoms with Crippen molar-refractivity contribution in [3.05, 3.63) is 0 Å². The van der Waals surface area contributed by atoms with E-state index in [0.29, 0.717) is 5.41 Å². The molecule has 2 aliphatic rings. The lowest BCUT2D eigenvalue weighted by Crippen LogP contribution is -2.42. The van der Waals surface area contributed by atoms with Crippen LogP contribution in [-0.4, -0.2) is 25.8 Å². The molecule has 2 rings (SSSR count). The Balaban J connectivity index is 1.68. The molecule has 1 aliphatic carbocycles. The fraction of sp³-hybridized carbons (Fsp3) is 1.00. The highest BCUT2D eigenvalue weighted by Crippen LogP contribution is 2.32. The van der Waals surface area contributed by atoms with E-state index in [9.17, 15) is 0 Å². The zero-order valence-electron chi connectivity index (χ0n) is 12.5. The normalized spacial score (nSPS) is 32.7. The first-order valence-corrected chi connectivity index (χ1v) is 7.90. The number of nitrogens with one attached hydrogen (secondary N) is 1. The molecule has 18 heavy (non-hydrogen) atoms. The summed E-state index contributed by atoms with van der Waals surface area (Å²) in [4.78, 5) is 0. The summed E-state index contributed by atoms with van der Waals surface area (Å²) in [7, 11) is 0. The average Bonchev–Trinajstić information content (AvgIpc) is 2.38. The highest BCUT2D eigenvalue weighted by atomic mass is 16.5. The molecule has 0 radical (unpaired) electrons. The topological polar surface area (TPSA) is 21.3 Å². The predicted molar refractivity (Wildman–Crippen MR) is 76.7 cm³/mol. The summed E-state index contributed by atoms with van der Waals surface area (Å²) in [5, 5.41) is 3.84. The van der Waals surface area contributed by atoms with Gasteiger partial charge >= 0.3 is 0 Å². The molecule has 2 fully saturated rings. The molecule has 0 bridgehead atoms. The maximum absolute atomic E-state index is 5.47. The van der Waals surface area contributed by atoms with Crippen LogP contribution >= 0.6 is 0 Å². The van der Waals surface area contributed by atoms with Gasteiger partial charge in [-0.05, 0) is 55.8 Å². The van der Waals surface area contributed by atoms with Crippen LogP contribution in [0.4, 0.5) is 0 Å². The van der Waals surface area contributed by atoms with Crippen molar-refractivity contribution < 1.29 is 4.74 Å². The van der Waals surface area contributed by atoms with Crippen molar-refractivity contribution in [1.29, 1.82) is 0 Å². The van der Waals surface area contributed by atoms with Crippen LogP contribution in [0.15, 0.2) is 0 Å². The Morgan fingerprint density at radius 1 is 1.11 bits per heavy atom. The maximum Gasteiger partial charge on any atom is 0.0471 e. The van der Waals surface area contributed by atoms with E-state index < -0.39 is 0 Å². The fourth-order valence-electron chi connectivity index (χ4n) is 3.42. The molecule has 0 aromatic rings. The Labute approximate surface area is 113 Å². The molecule has 0 aromatic carbocycles. The van der Waals surface area contributed by atoms with E-state index in [2.05, 4.69) is 26.1 Å². The monoisotopic (exact) mass is 253 g/mol. The lowest BCUT2D eigenvalue weighted by Gasteiger charge is -2.37. The van der Waals surface area contributed by atoms with Crippen molar-refractivity contribution in [2.24, 2.45) is 17.3 Å². The van der Waals surface area contributed by atoms with Gasteiger partial charge in [0.15, 0.2) is 0 Å². The molecular weight excluding hydrogens is 222 g/mol. The van der Waals surface area contributed by atoms with Gasteiger partial charge in [-0.3, -0.25) is 0 Å². The second-order valence-corrected chi connectivity index (χ2v) is 7.16. The number of hydrogen-bond donors (Lipinski definition) is 1. The van der Waals surface area contributed by atoms with Crippen LogP contribution in [0.5, 0.6) is 0 Å². The molecule has 0 aromatic heterocycles. The Morgan fingerprint density at radius 3 is 2.28 bits per heavy atom. The van der Waals surface area contributed by atoms with Gasteiger partial charge in [0.25, 0.3) is 0 Å². The van der Waals surface area contributed by atoms with Crippen molar-refractivity contribution >= 4 is 0 Å². The third-order valence-corrected chi connectivity index (χ3v) is 5.23. The van der Waals surface area contributed by atoms with Crippen molar-refractivity contribution in [3.63, 3.8) is 0 Å². The van der Waals surface area contributed by atoms with Gasteiger partial charge < -0.3 is 10.1 Å². The Kier molecular flexibility index (Phi) is 5.08. The van der Waals surface area contributed by atoms with Crippen LogP contribution in [0.25, 0.3) is 0 Å². The number of rotatable bonds is 4. The minimum Gasteiger partial charge on any atom is -0.381 e. The minimum atomic E-state index is 0.479. The Hall–Kier alpha value is -0.0800. The molecule has 1 saturated carbocycles. The Bertz CT molecular complexity index is 237. The third-order valence-electron chi connectivity index (χ3n) is 5.23. The zero-order chi connectivity index (χ0) is 13.0. The van der Waals surface area contributed by atoms with Crippen LogP contribution in [0, 0.1) is 17.3 Å². The molecule has 0 unspecified atom stereocenters. The standard InChI is InChI=1S/C16H31NO/c1-13(2)14-4-6-15(7-5-14)17-12-16(3)8-10-18-11-9-16/h13-15,17H,4-12H2,1-3H3. The first kappa shape index (κ1) is 14.3. The molecule has 1 saturated heterocycles. The molecule has 0 atom stereocenters. The molecule has 0 spiro atoms. The van der Waals surface area contributed by atoms with Gasteiger partial charge in [-0.1, -0.05) is 20.8 Å². The SMILES string of the molecule is CC(C)C1CCC(NCC2(C)CCOCC2)CC1. The summed E-state index contributed by atoms with van der Waals surface area (Å²) < 4.78 is 5.47. The quantitative estimate of drug-likeness (QED) is 0.826. The van der Waals surface area contributed by atoms with Crippen LogP contribution in [0.2, 0.25) is 0 Å². The lowest BCUT2D eigenvalue weighted by molar-refractivity contribution is 0.0219. The van der Waals surface area contributed by atoms with Crippen LogP contribution in [-0.2, 0) is 4.74 Å². The lowest BCUT2D eigenvalue weighted by atomic mass is 9.78. The summed E-state index contributed by atoms with van der Waals surface area (Å²) in [5.74, 6) is 1.85. The van der Waals surface area contributed by atoms with Gasteiger partial charge in [0.2, 0.25) is 0 Å².